The summed E-state index contributed by atoms with van der Waals surface area (Å²) in [5, 5.41) is 2.78. The van der Waals surface area contributed by atoms with Gasteiger partial charge in [-0.15, -0.1) is 0 Å². The van der Waals surface area contributed by atoms with Crippen LogP contribution >= 0.6 is 15.9 Å². The smallest absolute Gasteiger partial charge is 0.265 e. The van der Waals surface area contributed by atoms with Gasteiger partial charge in [0, 0.05) is 15.8 Å². The lowest BCUT2D eigenvalue weighted by Gasteiger charge is -2.18. The molecule has 6 nitrogen and oxygen atoms in total. The number of halogens is 1. The van der Waals surface area contributed by atoms with Crippen LogP contribution in [0.2, 0.25) is 0 Å². The number of para-hydroxylation sites is 1. The third kappa shape index (κ3) is 6.08. The number of rotatable bonds is 8. The van der Waals surface area contributed by atoms with Crippen LogP contribution in [-0.4, -0.2) is 20.4 Å². The van der Waals surface area contributed by atoms with Crippen LogP contribution in [0.1, 0.15) is 18.9 Å². The topological polar surface area (TPSA) is 84.5 Å². The van der Waals surface area contributed by atoms with E-state index in [1.165, 1.54) is 12.1 Å². The zero-order valence-electron chi connectivity index (χ0n) is 17.1. The van der Waals surface area contributed by atoms with Crippen molar-refractivity contribution in [3.05, 3.63) is 82.8 Å². The predicted molar refractivity (Wildman–Crippen MR) is 126 cm³/mol. The van der Waals surface area contributed by atoms with Crippen molar-refractivity contribution in [2.75, 3.05) is 10.0 Å². The van der Waals surface area contributed by atoms with Gasteiger partial charge in [-0.25, -0.2) is 8.42 Å². The molecule has 0 radical (unpaired) electrons. The number of nitrogens with one attached hydrogen (secondary N) is 2. The Labute approximate surface area is 190 Å². The highest BCUT2D eigenvalue weighted by molar-refractivity contribution is 9.10. The molecule has 0 heterocycles. The van der Waals surface area contributed by atoms with E-state index in [2.05, 4.69) is 26.0 Å². The quantitative estimate of drug-likeness (QED) is 0.434. The van der Waals surface area contributed by atoms with Gasteiger partial charge in [-0.05, 0) is 73.5 Å². The van der Waals surface area contributed by atoms with Crippen molar-refractivity contribution >= 4 is 43.2 Å². The largest absolute Gasteiger partial charge is 0.480 e. The number of hydrogen-bond donors (Lipinski definition) is 2. The normalized spacial score (nSPS) is 12.1. The Morgan fingerprint density at radius 2 is 1.58 bits per heavy atom. The van der Waals surface area contributed by atoms with Crippen molar-refractivity contribution < 1.29 is 17.9 Å². The second-order valence-electron chi connectivity index (χ2n) is 6.91. The maximum absolute atomic E-state index is 12.6. The third-order valence-electron chi connectivity index (χ3n) is 4.55. The summed E-state index contributed by atoms with van der Waals surface area (Å²) >= 11 is 3.31. The summed E-state index contributed by atoms with van der Waals surface area (Å²) in [5.74, 6) is 0.360. The summed E-state index contributed by atoms with van der Waals surface area (Å²) < 4.78 is 34.4. The summed E-state index contributed by atoms with van der Waals surface area (Å²) in [6.45, 7) is 3.79. The molecule has 1 amide bonds. The zero-order valence-corrected chi connectivity index (χ0v) is 19.5. The van der Waals surface area contributed by atoms with Gasteiger partial charge in [0.15, 0.2) is 6.10 Å². The van der Waals surface area contributed by atoms with Gasteiger partial charge < -0.3 is 10.1 Å². The lowest BCUT2D eigenvalue weighted by Crippen LogP contribution is -2.32. The SMILES string of the molecule is CC[C@H](Oc1ccccc1C)C(=O)Nc1ccc(S(=O)(=O)Nc2ccc(Br)cc2)cc1. The second kappa shape index (κ2) is 9.98. The van der Waals surface area contributed by atoms with Crippen molar-refractivity contribution in [1.29, 1.82) is 0 Å². The molecule has 0 saturated carbocycles. The molecule has 2 N–H and O–H groups in total. The number of aryl methyl sites for hydroxylation is 1. The van der Waals surface area contributed by atoms with Crippen LogP contribution < -0.4 is 14.8 Å². The molecule has 3 rings (SSSR count). The van der Waals surface area contributed by atoms with Gasteiger partial charge in [-0.1, -0.05) is 41.1 Å². The van der Waals surface area contributed by atoms with Crippen molar-refractivity contribution in [3.8, 4) is 5.75 Å². The Hall–Kier alpha value is -2.84. The summed E-state index contributed by atoms with van der Waals surface area (Å²) in [5.41, 5.74) is 1.89. The minimum atomic E-state index is -3.74. The highest BCUT2D eigenvalue weighted by Gasteiger charge is 2.20. The fraction of sp³-hybridized carbons (Fsp3) is 0.174. The van der Waals surface area contributed by atoms with E-state index in [9.17, 15) is 13.2 Å². The predicted octanol–water partition coefficient (Wildman–Crippen LogP) is 5.35. The van der Waals surface area contributed by atoms with E-state index in [4.69, 9.17) is 4.74 Å². The Morgan fingerprint density at radius 3 is 2.19 bits per heavy atom. The summed E-state index contributed by atoms with van der Waals surface area (Å²) in [6.07, 6.45) is -0.174. The highest BCUT2D eigenvalue weighted by Crippen LogP contribution is 2.22. The molecule has 0 aromatic heterocycles. The highest BCUT2D eigenvalue weighted by atomic mass is 79.9. The number of carbonyl (C=O) groups excluding carboxylic acids is 1. The lowest BCUT2D eigenvalue weighted by atomic mass is 10.2. The van der Waals surface area contributed by atoms with E-state index < -0.39 is 16.1 Å². The van der Waals surface area contributed by atoms with Crippen LogP contribution in [0.5, 0.6) is 5.75 Å². The van der Waals surface area contributed by atoms with Crippen LogP contribution in [0.3, 0.4) is 0 Å². The lowest BCUT2D eigenvalue weighted by molar-refractivity contribution is -0.122. The van der Waals surface area contributed by atoms with E-state index in [0.29, 0.717) is 23.5 Å². The maximum atomic E-state index is 12.6. The number of benzene rings is 3. The monoisotopic (exact) mass is 502 g/mol. The molecule has 0 aliphatic rings. The fourth-order valence-electron chi connectivity index (χ4n) is 2.84. The first kappa shape index (κ1) is 22.8. The van der Waals surface area contributed by atoms with E-state index in [0.717, 1.165) is 10.0 Å². The molecule has 31 heavy (non-hydrogen) atoms. The average Bonchev–Trinajstić information content (AvgIpc) is 2.75. The first-order valence-corrected chi connectivity index (χ1v) is 12.0. The van der Waals surface area contributed by atoms with E-state index in [1.54, 1.807) is 36.4 Å². The first-order valence-electron chi connectivity index (χ1n) is 9.70. The van der Waals surface area contributed by atoms with Gasteiger partial charge in [-0.2, -0.15) is 0 Å². The van der Waals surface area contributed by atoms with Crippen LogP contribution in [0.15, 0.2) is 82.2 Å². The molecule has 3 aromatic carbocycles. The number of amides is 1. The maximum Gasteiger partial charge on any atom is 0.265 e. The molecule has 0 aliphatic heterocycles. The summed E-state index contributed by atoms with van der Waals surface area (Å²) in [4.78, 5) is 12.7. The third-order valence-corrected chi connectivity index (χ3v) is 6.48. The number of carbonyl (C=O) groups is 1. The fourth-order valence-corrected chi connectivity index (χ4v) is 4.16. The molecule has 162 valence electrons. The Balaban J connectivity index is 1.67. The number of anilines is 2. The number of sulfonamides is 1. The Morgan fingerprint density at radius 1 is 0.968 bits per heavy atom. The Bertz CT molecular complexity index is 1150. The van der Waals surface area contributed by atoms with E-state index in [-0.39, 0.29) is 10.8 Å². The van der Waals surface area contributed by atoms with E-state index >= 15 is 0 Å². The molecular weight excluding hydrogens is 480 g/mol. The second-order valence-corrected chi connectivity index (χ2v) is 9.50. The van der Waals surface area contributed by atoms with Crippen molar-refractivity contribution in [1.82, 2.24) is 0 Å². The first-order chi connectivity index (χ1) is 14.8. The van der Waals surface area contributed by atoms with Crippen molar-refractivity contribution in [2.45, 2.75) is 31.3 Å². The zero-order chi connectivity index (χ0) is 22.4. The van der Waals surface area contributed by atoms with Crippen LogP contribution in [0.4, 0.5) is 11.4 Å². The molecule has 8 heteroatoms. The molecular formula is C23H23BrN2O4S. The van der Waals surface area contributed by atoms with Gasteiger partial charge in [-0.3, -0.25) is 9.52 Å². The van der Waals surface area contributed by atoms with Gasteiger partial charge in [0.2, 0.25) is 0 Å². The van der Waals surface area contributed by atoms with Crippen LogP contribution in [0, 0.1) is 6.92 Å². The summed E-state index contributed by atoms with van der Waals surface area (Å²) in [6, 6.07) is 20.3. The molecule has 3 aromatic rings. The molecule has 0 aliphatic carbocycles. The van der Waals surface area contributed by atoms with Gasteiger partial charge >= 0.3 is 0 Å². The van der Waals surface area contributed by atoms with Crippen molar-refractivity contribution in [2.24, 2.45) is 0 Å². The van der Waals surface area contributed by atoms with Crippen LogP contribution in [-0.2, 0) is 14.8 Å². The molecule has 1 atom stereocenters. The molecule has 0 bridgehead atoms. The standard InChI is InChI=1S/C23H23BrN2O4S/c1-3-21(30-22-7-5-4-6-16(22)2)23(27)25-18-12-14-20(15-13-18)31(28,29)26-19-10-8-17(24)9-11-19/h4-15,21,26H,3H2,1-2H3,(H,25,27)/t21-/m0/s1. The average molecular weight is 503 g/mol. The minimum Gasteiger partial charge on any atom is -0.480 e. The molecule has 0 spiro atoms. The minimum absolute atomic E-state index is 0.0941. The Kier molecular flexibility index (Phi) is 7.35. The van der Waals surface area contributed by atoms with Crippen LogP contribution in [0.25, 0.3) is 0 Å². The number of hydrogen-bond acceptors (Lipinski definition) is 4. The van der Waals surface area contributed by atoms with Gasteiger partial charge in [0.05, 0.1) is 4.90 Å². The van der Waals surface area contributed by atoms with Gasteiger partial charge in [0.1, 0.15) is 5.75 Å². The molecule has 0 unspecified atom stereocenters. The number of ether oxygens (including phenoxy) is 1. The van der Waals surface area contributed by atoms with Crippen molar-refractivity contribution in [3.63, 3.8) is 0 Å². The van der Waals surface area contributed by atoms with E-state index in [1.807, 2.05) is 38.1 Å². The molecule has 0 saturated heterocycles. The summed E-state index contributed by atoms with van der Waals surface area (Å²) in [7, 11) is -3.74. The molecule has 0 fully saturated rings. The van der Waals surface area contributed by atoms with Gasteiger partial charge in [0.25, 0.3) is 15.9 Å².